The molecule has 4 rings (SSSR count). The number of pyridine rings is 2. The molecule has 0 radical (unpaired) electrons. The summed E-state index contributed by atoms with van der Waals surface area (Å²) in [5.41, 5.74) is 4.30. The summed E-state index contributed by atoms with van der Waals surface area (Å²) < 4.78 is 0. The Morgan fingerprint density at radius 2 is 2.04 bits per heavy atom. The topological polar surface area (TPSA) is 55.7 Å². The minimum atomic E-state index is 0.202. The summed E-state index contributed by atoms with van der Waals surface area (Å²) in [5.74, 6) is 0.760. The number of ketones is 1. The van der Waals surface area contributed by atoms with Crippen molar-refractivity contribution in [3.05, 3.63) is 52.4 Å². The molecule has 0 aliphatic heterocycles. The Morgan fingerprint density at radius 1 is 1.24 bits per heavy atom. The number of nitrogens with zero attached hydrogens (tertiary/aromatic N) is 3. The van der Waals surface area contributed by atoms with E-state index in [0.717, 1.165) is 26.5 Å². The van der Waals surface area contributed by atoms with E-state index in [1.807, 2.05) is 39.1 Å². The van der Waals surface area contributed by atoms with E-state index in [1.54, 1.807) is 23.7 Å². The fourth-order valence-electron chi connectivity index (χ4n) is 3.01. The molecule has 1 aliphatic carbocycles. The van der Waals surface area contributed by atoms with Gasteiger partial charge in [-0.15, -0.1) is 0 Å². The van der Waals surface area contributed by atoms with Crippen LogP contribution in [0.25, 0.3) is 10.3 Å². The first-order chi connectivity index (χ1) is 12.2. The lowest BCUT2D eigenvalue weighted by atomic mass is 9.98. The SMILES string of the molecule is CC.Cc1nc2c(C3CC3)c(CC(=O)Cc3cccnc3)cnc2s1. The molecule has 0 bridgehead atoms. The van der Waals surface area contributed by atoms with Gasteiger partial charge in [0.25, 0.3) is 0 Å². The Labute approximate surface area is 152 Å². The molecule has 0 atom stereocenters. The minimum absolute atomic E-state index is 0.202. The second-order valence-electron chi connectivity index (χ2n) is 6.11. The highest BCUT2D eigenvalue weighted by molar-refractivity contribution is 7.18. The van der Waals surface area contributed by atoms with Crippen LogP contribution in [0.3, 0.4) is 0 Å². The molecule has 0 unspecified atom stereocenters. The van der Waals surface area contributed by atoms with Gasteiger partial charge in [0, 0.05) is 31.4 Å². The van der Waals surface area contributed by atoms with Crippen LogP contribution < -0.4 is 0 Å². The van der Waals surface area contributed by atoms with E-state index >= 15 is 0 Å². The monoisotopic (exact) mass is 353 g/mol. The van der Waals surface area contributed by atoms with E-state index in [2.05, 4.69) is 15.0 Å². The summed E-state index contributed by atoms with van der Waals surface area (Å²) in [4.78, 5) is 26.7. The number of aromatic nitrogens is 3. The number of aryl methyl sites for hydroxylation is 1. The van der Waals surface area contributed by atoms with Gasteiger partial charge in [-0.1, -0.05) is 31.3 Å². The number of hydrogen-bond acceptors (Lipinski definition) is 5. The Kier molecular flexibility index (Phi) is 5.53. The average molecular weight is 353 g/mol. The first kappa shape index (κ1) is 17.7. The molecule has 25 heavy (non-hydrogen) atoms. The highest BCUT2D eigenvalue weighted by atomic mass is 32.1. The van der Waals surface area contributed by atoms with Gasteiger partial charge in [-0.2, -0.15) is 0 Å². The summed E-state index contributed by atoms with van der Waals surface area (Å²) in [6.45, 7) is 6.01. The van der Waals surface area contributed by atoms with Gasteiger partial charge in [0.1, 0.15) is 16.1 Å². The van der Waals surface area contributed by atoms with Gasteiger partial charge >= 0.3 is 0 Å². The molecule has 3 heterocycles. The Balaban J connectivity index is 0.000000880. The number of thiazole rings is 1. The summed E-state index contributed by atoms with van der Waals surface area (Å²) in [5, 5.41) is 1.04. The normalized spacial score (nSPS) is 13.4. The molecule has 130 valence electrons. The summed E-state index contributed by atoms with van der Waals surface area (Å²) >= 11 is 1.63. The van der Waals surface area contributed by atoms with Crippen molar-refractivity contribution in [1.82, 2.24) is 15.0 Å². The lowest BCUT2D eigenvalue weighted by Crippen LogP contribution is -2.09. The van der Waals surface area contributed by atoms with E-state index in [-0.39, 0.29) is 5.78 Å². The van der Waals surface area contributed by atoms with Crippen LogP contribution in [-0.4, -0.2) is 20.7 Å². The molecule has 1 fully saturated rings. The Morgan fingerprint density at radius 3 is 2.72 bits per heavy atom. The second-order valence-corrected chi connectivity index (χ2v) is 7.29. The van der Waals surface area contributed by atoms with Crippen molar-refractivity contribution in [2.24, 2.45) is 0 Å². The second kappa shape index (κ2) is 7.83. The summed E-state index contributed by atoms with van der Waals surface area (Å²) in [7, 11) is 0. The van der Waals surface area contributed by atoms with Crippen LogP contribution in [0.1, 0.15) is 54.3 Å². The standard InChI is InChI=1S/C18H17N3OS.C2H6/c1-11-21-17-16(13-4-5-13)14(10-20-18(17)23-11)8-15(22)7-12-3-2-6-19-9-12;1-2/h2-3,6,9-10,13H,4-5,7-8H2,1H3;1-2H3. The van der Waals surface area contributed by atoms with Crippen LogP contribution in [0.5, 0.6) is 0 Å². The van der Waals surface area contributed by atoms with Gasteiger partial charge in [-0.25, -0.2) is 9.97 Å². The van der Waals surface area contributed by atoms with Crippen molar-refractivity contribution in [2.45, 2.75) is 52.4 Å². The third-order valence-electron chi connectivity index (χ3n) is 4.15. The van der Waals surface area contributed by atoms with E-state index in [4.69, 9.17) is 0 Å². The smallest absolute Gasteiger partial charge is 0.143 e. The molecule has 0 N–H and O–H groups in total. The van der Waals surface area contributed by atoms with Gasteiger partial charge in [0.15, 0.2) is 0 Å². The molecule has 3 aromatic heterocycles. The molecule has 3 aromatic rings. The van der Waals surface area contributed by atoms with Crippen molar-refractivity contribution < 1.29 is 4.79 Å². The lowest BCUT2D eigenvalue weighted by molar-refractivity contribution is -0.117. The zero-order valence-electron chi connectivity index (χ0n) is 15.0. The van der Waals surface area contributed by atoms with Gasteiger partial charge in [0.2, 0.25) is 0 Å². The molecule has 0 aromatic carbocycles. The Hall–Kier alpha value is -2.14. The van der Waals surface area contributed by atoms with Gasteiger partial charge in [-0.05, 0) is 48.4 Å². The van der Waals surface area contributed by atoms with Crippen molar-refractivity contribution in [1.29, 1.82) is 0 Å². The molecular formula is C20H23N3OS. The van der Waals surface area contributed by atoms with E-state index in [0.29, 0.717) is 18.8 Å². The van der Waals surface area contributed by atoms with Crippen LogP contribution in [-0.2, 0) is 17.6 Å². The summed E-state index contributed by atoms with van der Waals surface area (Å²) in [6.07, 6.45) is 8.60. The first-order valence-electron chi connectivity index (χ1n) is 8.86. The van der Waals surface area contributed by atoms with E-state index in [1.165, 1.54) is 18.4 Å². The van der Waals surface area contributed by atoms with Crippen molar-refractivity contribution in [2.75, 3.05) is 0 Å². The van der Waals surface area contributed by atoms with Gasteiger partial charge < -0.3 is 0 Å². The van der Waals surface area contributed by atoms with E-state index in [9.17, 15) is 4.79 Å². The molecule has 5 heteroatoms. The number of Topliss-reactive ketones (excluding diaryl/α,β-unsaturated/α-hetero) is 1. The van der Waals surface area contributed by atoms with Crippen LogP contribution in [0.4, 0.5) is 0 Å². The predicted molar refractivity (Wildman–Crippen MR) is 102 cm³/mol. The van der Waals surface area contributed by atoms with Crippen LogP contribution in [0, 0.1) is 6.92 Å². The third-order valence-corrected chi connectivity index (χ3v) is 5.03. The molecular weight excluding hydrogens is 330 g/mol. The van der Waals surface area contributed by atoms with Gasteiger partial charge in [-0.3, -0.25) is 9.78 Å². The number of fused-ring (bicyclic) bond motifs is 1. The van der Waals surface area contributed by atoms with Gasteiger partial charge in [0.05, 0.1) is 5.01 Å². The zero-order valence-corrected chi connectivity index (χ0v) is 15.8. The highest BCUT2D eigenvalue weighted by Crippen LogP contribution is 2.45. The summed E-state index contributed by atoms with van der Waals surface area (Å²) in [6, 6.07) is 3.81. The number of carbonyl (C=O) groups is 1. The predicted octanol–water partition coefficient (Wildman–Crippen LogP) is 4.65. The zero-order chi connectivity index (χ0) is 17.8. The molecule has 0 saturated heterocycles. The molecule has 0 spiro atoms. The molecule has 1 aliphatic rings. The first-order valence-corrected chi connectivity index (χ1v) is 9.68. The lowest BCUT2D eigenvalue weighted by Gasteiger charge is -2.08. The molecule has 4 nitrogen and oxygen atoms in total. The quantitative estimate of drug-likeness (QED) is 0.670. The fraction of sp³-hybridized carbons (Fsp3) is 0.400. The molecule has 0 amide bonds. The Bertz CT molecular complexity index is 869. The molecule has 1 saturated carbocycles. The van der Waals surface area contributed by atoms with Crippen molar-refractivity contribution in [3.8, 4) is 0 Å². The number of carbonyl (C=O) groups excluding carboxylic acids is 1. The fourth-order valence-corrected chi connectivity index (χ4v) is 3.79. The highest BCUT2D eigenvalue weighted by Gasteiger charge is 2.30. The number of rotatable bonds is 5. The van der Waals surface area contributed by atoms with E-state index < -0.39 is 0 Å². The maximum atomic E-state index is 12.4. The van der Waals surface area contributed by atoms with Crippen LogP contribution >= 0.6 is 11.3 Å². The number of hydrogen-bond donors (Lipinski definition) is 0. The minimum Gasteiger partial charge on any atom is -0.299 e. The largest absolute Gasteiger partial charge is 0.299 e. The van der Waals surface area contributed by atoms with Crippen LogP contribution in [0.15, 0.2) is 30.7 Å². The van der Waals surface area contributed by atoms with Crippen molar-refractivity contribution >= 4 is 27.5 Å². The maximum Gasteiger partial charge on any atom is 0.143 e. The maximum absolute atomic E-state index is 12.4. The third kappa shape index (κ3) is 4.10. The van der Waals surface area contributed by atoms with Crippen LogP contribution in [0.2, 0.25) is 0 Å². The van der Waals surface area contributed by atoms with Crippen molar-refractivity contribution in [3.63, 3.8) is 0 Å². The average Bonchev–Trinajstić information content (AvgIpc) is 3.38.